The molecule has 1 atom stereocenters. The lowest BCUT2D eigenvalue weighted by molar-refractivity contribution is -0.105. The van der Waals surface area contributed by atoms with Gasteiger partial charge in [0, 0.05) is 23.5 Å². The first kappa shape index (κ1) is 22.2. The summed E-state index contributed by atoms with van der Waals surface area (Å²) in [5.41, 5.74) is 5.51. The van der Waals surface area contributed by atoms with E-state index in [0.717, 1.165) is 34.5 Å². The Labute approximate surface area is 190 Å². The molecule has 0 bridgehead atoms. The number of fused-ring (bicyclic) bond motifs is 2. The Hall–Kier alpha value is -4.01. The van der Waals surface area contributed by atoms with Crippen molar-refractivity contribution >= 4 is 28.6 Å². The summed E-state index contributed by atoms with van der Waals surface area (Å²) in [4.78, 5) is 14.7. The number of pyridine rings is 1. The first-order valence-electron chi connectivity index (χ1n) is 10.5. The van der Waals surface area contributed by atoms with E-state index in [0.29, 0.717) is 12.0 Å². The number of nitrogens with zero attached hydrogens (tertiary/aromatic N) is 4. The van der Waals surface area contributed by atoms with Crippen LogP contribution in [0.15, 0.2) is 79.3 Å². The van der Waals surface area contributed by atoms with Crippen LogP contribution in [0.4, 0.5) is 5.69 Å². The fourth-order valence-electron chi connectivity index (χ4n) is 3.61. The van der Waals surface area contributed by atoms with Crippen LogP contribution >= 0.6 is 0 Å². The summed E-state index contributed by atoms with van der Waals surface area (Å²) in [6.07, 6.45) is 5.25. The summed E-state index contributed by atoms with van der Waals surface area (Å²) >= 11 is 0. The number of anilines is 1. The molecule has 2 aromatic carbocycles. The summed E-state index contributed by atoms with van der Waals surface area (Å²) in [6.45, 7) is 2.41. The molecule has 8 nitrogen and oxygen atoms in total. The van der Waals surface area contributed by atoms with Crippen LogP contribution in [0.5, 0.6) is 0 Å². The molecule has 0 spiro atoms. The van der Waals surface area contributed by atoms with Gasteiger partial charge in [-0.2, -0.15) is 5.10 Å². The summed E-state index contributed by atoms with van der Waals surface area (Å²) in [5.74, 6) is 0. The predicted molar refractivity (Wildman–Crippen MR) is 127 cm³/mol. The largest absolute Gasteiger partial charge is 0.393 e. The molecule has 5 aromatic rings. The van der Waals surface area contributed by atoms with E-state index in [2.05, 4.69) is 27.5 Å². The fourth-order valence-corrected chi connectivity index (χ4v) is 3.61. The maximum atomic E-state index is 10.6. The van der Waals surface area contributed by atoms with Crippen LogP contribution in [0.25, 0.3) is 16.6 Å². The molecule has 0 aliphatic heterocycles. The average Bonchev–Trinajstić information content (AvgIpc) is 3.43. The standard InChI is InChI=1S/C15H13N3O.C10H12N2O2/c19-11-16-14-7-4-8-15-13(14)9-17-18(15)10-12-5-2-1-3-6-12;1-7-5-11-10-4-8(9(14)6-13)2-3-12(7)10/h1-9,11H,10H2,(H,16,19);2-5,9,13-14H,6H2,1H3. The van der Waals surface area contributed by atoms with Crippen LogP contribution in [-0.2, 0) is 11.3 Å². The number of amides is 1. The number of hydrogen-bond acceptors (Lipinski definition) is 5. The number of aromatic nitrogens is 4. The SMILES string of the molecule is Cc1cnc2cc(C(O)CO)ccn12.O=CNc1cccc2c1cnn2Cc1ccccc1. The second-order valence-corrected chi connectivity index (χ2v) is 7.57. The van der Waals surface area contributed by atoms with E-state index in [1.807, 2.05) is 58.6 Å². The number of benzene rings is 2. The molecule has 0 saturated carbocycles. The molecule has 0 radical (unpaired) electrons. The smallest absolute Gasteiger partial charge is 0.211 e. The Bertz CT molecular complexity index is 1360. The van der Waals surface area contributed by atoms with E-state index in [-0.39, 0.29) is 6.61 Å². The van der Waals surface area contributed by atoms with Crippen LogP contribution in [-0.4, -0.2) is 42.4 Å². The lowest BCUT2D eigenvalue weighted by Gasteiger charge is -2.07. The zero-order valence-electron chi connectivity index (χ0n) is 18.2. The van der Waals surface area contributed by atoms with Crippen LogP contribution in [0, 0.1) is 6.92 Å². The molecule has 0 saturated heterocycles. The van der Waals surface area contributed by atoms with Gasteiger partial charge in [-0.15, -0.1) is 0 Å². The molecule has 1 amide bonds. The maximum Gasteiger partial charge on any atom is 0.211 e. The van der Waals surface area contributed by atoms with Gasteiger partial charge in [0.05, 0.1) is 30.6 Å². The summed E-state index contributed by atoms with van der Waals surface area (Å²) in [6, 6.07) is 19.5. The molecule has 33 heavy (non-hydrogen) atoms. The third-order valence-corrected chi connectivity index (χ3v) is 5.36. The average molecular weight is 444 g/mol. The van der Waals surface area contributed by atoms with E-state index in [1.165, 1.54) is 5.56 Å². The first-order chi connectivity index (χ1) is 16.1. The zero-order valence-corrected chi connectivity index (χ0v) is 18.2. The van der Waals surface area contributed by atoms with Crippen molar-refractivity contribution in [3.63, 3.8) is 0 Å². The predicted octanol–water partition coefficient (Wildman–Crippen LogP) is 3.32. The van der Waals surface area contributed by atoms with E-state index in [4.69, 9.17) is 5.11 Å². The molecular formula is C25H25N5O3. The highest BCUT2D eigenvalue weighted by molar-refractivity contribution is 5.95. The lowest BCUT2D eigenvalue weighted by atomic mass is 10.1. The second-order valence-electron chi connectivity index (χ2n) is 7.57. The molecule has 0 fully saturated rings. The van der Waals surface area contributed by atoms with Crippen LogP contribution in [0.2, 0.25) is 0 Å². The van der Waals surface area contributed by atoms with E-state index in [9.17, 15) is 9.90 Å². The van der Waals surface area contributed by atoms with Gasteiger partial charge in [-0.1, -0.05) is 36.4 Å². The molecule has 0 aliphatic carbocycles. The topological polar surface area (TPSA) is 105 Å². The van der Waals surface area contributed by atoms with Gasteiger partial charge in [-0.25, -0.2) is 4.98 Å². The first-order valence-corrected chi connectivity index (χ1v) is 10.5. The Kier molecular flexibility index (Phi) is 6.77. The fraction of sp³-hybridized carbons (Fsp3) is 0.160. The van der Waals surface area contributed by atoms with Crippen molar-refractivity contribution in [2.75, 3.05) is 11.9 Å². The number of rotatable bonds is 6. The van der Waals surface area contributed by atoms with Gasteiger partial charge in [-0.3, -0.25) is 9.48 Å². The lowest BCUT2D eigenvalue weighted by Crippen LogP contribution is -2.03. The minimum Gasteiger partial charge on any atom is -0.393 e. The number of aliphatic hydroxyl groups is 2. The second kappa shape index (κ2) is 10.1. The van der Waals surface area contributed by atoms with Crippen molar-refractivity contribution in [1.82, 2.24) is 19.2 Å². The summed E-state index contributed by atoms with van der Waals surface area (Å²) in [7, 11) is 0. The Balaban J connectivity index is 0.000000165. The molecule has 8 heteroatoms. The summed E-state index contributed by atoms with van der Waals surface area (Å²) in [5, 5.41) is 26.2. The monoisotopic (exact) mass is 443 g/mol. The van der Waals surface area contributed by atoms with Crippen LogP contribution in [0.1, 0.15) is 22.9 Å². The number of nitrogens with one attached hydrogen (secondary N) is 1. The van der Waals surface area contributed by atoms with Crippen molar-refractivity contribution in [2.45, 2.75) is 19.6 Å². The van der Waals surface area contributed by atoms with E-state index >= 15 is 0 Å². The minimum atomic E-state index is -0.822. The highest BCUT2D eigenvalue weighted by Gasteiger charge is 2.08. The number of carbonyl (C=O) groups is 1. The quantitative estimate of drug-likeness (QED) is 0.349. The molecule has 3 aromatic heterocycles. The Morgan fingerprint density at radius 3 is 2.67 bits per heavy atom. The Morgan fingerprint density at radius 1 is 1.09 bits per heavy atom. The number of imidazole rings is 1. The van der Waals surface area contributed by atoms with Gasteiger partial charge in [0.25, 0.3) is 0 Å². The molecule has 0 aliphatic rings. The molecule has 3 heterocycles. The zero-order chi connectivity index (χ0) is 23.2. The van der Waals surface area contributed by atoms with Gasteiger partial charge in [-0.05, 0) is 42.3 Å². The highest BCUT2D eigenvalue weighted by atomic mass is 16.3. The van der Waals surface area contributed by atoms with Gasteiger partial charge < -0.3 is 19.9 Å². The van der Waals surface area contributed by atoms with Crippen molar-refractivity contribution in [2.24, 2.45) is 0 Å². The van der Waals surface area contributed by atoms with Crippen molar-refractivity contribution < 1.29 is 15.0 Å². The van der Waals surface area contributed by atoms with Crippen molar-refractivity contribution in [1.29, 1.82) is 0 Å². The van der Waals surface area contributed by atoms with E-state index < -0.39 is 6.10 Å². The van der Waals surface area contributed by atoms with E-state index in [1.54, 1.807) is 24.5 Å². The normalized spacial score (nSPS) is 11.7. The van der Waals surface area contributed by atoms with Gasteiger partial charge in [0.15, 0.2) is 0 Å². The van der Waals surface area contributed by atoms with Crippen molar-refractivity contribution in [3.05, 3.63) is 96.1 Å². The number of hydrogen-bond donors (Lipinski definition) is 3. The third-order valence-electron chi connectivity index (χ3n) is 5.36. The molecule has 1 unspecified atom stereocenters. The van der Waals surface area contributed by atoms with Gasteiger partial charge in [0.2, 0.25) is 6.41 Å². The van der Waals surface area contributed by atoms with Crippen LogP contribution < -0.4 is 5.32 Å². The highest BCUT2D eigenvalue weighted by Crippen LogP contribution is 2.23. The maximum absolute atomic E-state index is 10.6. The number of carbonyl (C=O) groups excluding carboxylic acids is 1. The third kappa shape index (κ3) is 4.92. The number of aliphatic hydroxyl groups excluding tert-OH is 2. The molecular weight excluding hydrogens is 418 g/mol. The van der Waals surface area contributed by atoms with Gasteiger partial charge >= 0.3 is 0 Å². The van der Waals surface area contributed by atoms with Gasteiger partial charge in [0.1, 0.15) is 11.8 Å². The van der Waals surface area contributed by atoms with Crippen molar-refractivity contribution in [3.8, 4) is 0 Å². The molecule has 168 valence electrons. The minimum absolute atomic E-state index is 0.268. The molecule has 3 N–H and O–H groups in total. The molecule has 5 rings (SSSR count). The van der Waals surface area contributed by atoms with Crippen LogP contribution in [0.3, 0.4) is 0 Å². The Morgan fingerprint density at radius 2 is 1.91 bits per heavy atom. The summed E-state index contributed by atoms with van der Waals surface area (Å²) < 4.78 is 3.86. The number of aryl methyl sites for hydroxylation is 1.